The largest absolute Gasteiger partial charge is 0.444 e. The first-order valence-electron chi connectivity index (χ1n) is 7.08. The van der Waals surface area contributed by atoms with Crippen LogP contribution in [0.2, 0.25) is 0 Å². The summed E-state index contributed by atoms with van der Waals surface area (Å²) in [5.41, 5.74) is 2.28. The van der Waals surface area contributed by atoms with Crippen molar-refractivity contribution in [2.45, 2.75) is 38.1 Å². The predicted molar refractivity (Wildman–Crippen MR) is 91.7 cm³/mol. The molecule has 0 aliphatic carbocycles. The molecule has 0 bridgehead atoms. The average molecular weight is 365 g/mol. The Bertz CT molecular complexity index is 583. The number of nitriles is 1. The number of alkyl carbamates (subject to hydrolysis) is 1. The Morgan fingerprint density at radius 2 is 2.18 bits per heavy atom. The third kappa shape index (κ3) is 6.77. The van der Waals surface area contributed by atoms with E-state index in [2.05, 4.69) is 27.3 Å². The van der Waals surface area contributed by atoms with E-state index in [-0.39, 0.29) is 0 Å². The molecular formula is C17H21BrN2O2. The first-order chi connectivity index (χ1) is 10.4. The molecule has 0 aliphatic heterocycles. The molecule has 1 aromatic rings. The number of hydrogen-bond acceptors (Lipinski definition) is 3. The van der Waals surface area contributed by atoms with Crippen molar-refractivity contribution in [3.8, 4) is 6.07 Å². The lowest BCUT2D eigenvalue weighted by Crippen LogP contribution is -2.32. The lowest BCUT2D eigenvalue weighted by Gasteiger charge is -2.19. The molecule has 118 valence electrons. The van der Waals surface area contributed by atoms with Crippen LogP contribution in [-0.2, 0) is 10.1 Å². The van der Waals surface area contributed by atoms with Gasteiger partial charge in [0.1, 0.15) is 5.60 Å². The van der Waals surface area contributed by atoms with E-state index in [0.29, 0.717) is 18.5 Å². The van der Waals surface area contributed by atoms with Crippen LogP contribution in [0.5, 0.6) is 0 Å². The Morgan fingerprint density at radius 3 is 2.77 bits per heavy atom. The Balaban J connectivity index is 2.50. The van der Waals surface area contributed by atoms with Gasteiger partial charge >= 0.3 is 6.09 Å². The lowest BCUT2D eigenvalue weighted by atomic mass is 10.0. The second kappa shape index (κ2) is 8.60. The second-order valence-corrected chi connectivity index (χ2v) is 6.34. The highest BCUT2D eigenvalue weighted by atomic mass is 79.9. The van der Waals surface area contributed by atoms with E-state index >= 15 is 0 Å². The number of carbonyl (C=O) groups is 1. The standard InChI is InChI=1S/C17H21BrN2O2/c1-17(2,3)22-16(21)20-9-5-4-6-14-10-13(12-19)7-8-15(14)11-18/h4,6-8,10H,5,9,11H2,1-3H3,(H,20,21). The fourth-order valence-electron chi connectivity index (χ4n) is 1.72. The van der Waals surface area contributed by atoms with Crippen molar-refractivity contribution in [1.29, 1.82) is 5.26 Å². The second-order valence-electron chi connectivity index (χ2n) is 5.78. The number of rotatable bonds is 5. The third-order valence-electron chi connectivity index (χ3n) is 2.70. The highest BCUT2D eigenvalue weighted by molar-refractivity contribution is 9.08. The maximum atomic E-state index is 11.5. The van der Waals surface area contributed by atoms with Gasteiger partial charge in [0.25, 0.3) is 0 Å². The van der Waals surface area contributed by atoms with Gasteiger partial charge in [-0.1, -0.05) is 34.1 Å². The number of hydrogen-bond donors (Lipinski definition) is 1. The molecular weight excluding hydrogens is 344 g/mol. The molecule has 1 aromatic carbocycles. The van der Waals surface area contributed by atoms with Crippen molar-refractivity contribution in [2.75, 3.05) is 6.54 Å². The molecule has 1 rings (SSSR count). The molecule has 4 nitrogen and oxygen atoms in total. The predicted octanol–water partition coefficient (Wildman–Crippen LogP) is 4.38. The summed E-state index contributed by atoms with van der Waals surface area (Å²) >= 11 is 3.43. The zero-order valence-corrected chi connectivity index (χ0v) is 14.7. The molecule has 5 heteroatoms. The van der Waals surface area contributed by atoms with Gasteiger partial charge in [-0.05, 0) is 50.5 Å². The zero-order chi connectivity index (χ0) is 16.6. The molecule has 0 radical (unpaired) electrons. The first kappa shape index (κ1) is 18.2. The fourth-order valence-corrected chi connectivity index (χ4v) is 2.23. The van der Waals surface area contributed by atoms with Gasteiger partial charge in [-0.3, -0.25) is 0 Å². The number of alkyl halides is 1. The van der Waals surface area contributed by atoms with Crippen molar-refractivity contribution >= 4 is 28.1 Å². The monoisotopic (exact) mass is 364 g/mol. The van der Waals surface area contributed by atoms with Gasteiger partial charge in [0.15, 0.2) is 0 Å². The van der Waals surface area contributed by atoms with Crippen LogP contribution in [0.25, 0.3) is 6.08 Å². The van der Waals surface area contributed by atoms with Gasteiger partial charge in [-0.15, -0.1) is 0 Å². The minimum absolute atomic E-state index is 0.409. The molecule has 1 amide bonds. The van der Waals surface area contributed by atoms with E-state index in [4.69, 9.17) is 10.00 Å². The summed E-state index contributed by atoms with van der Waals surface area (Å²) in [6.07, 6.45) is 4.22. The minimum atomic E-state index is -0.484. The maximum absolute atomic E-state index is 11.5. The topological polar surface area (TPSA) is 62.1 Å². The molecule has 0 atom stereocenters. The van der Waals surface area contributed by atoms with Crippen LogP contribution in [0.1, 0.15) is 43.9 Å². The Hall–Kier alpha value is -1.80. The summed E-state index contributed by atoms with van der Waals surface area (Å²) in [6, 6.07) is 7.73. The Labute approximate surface area is 140 Å². The number of halogens is 1. The lowest BCUT2D eigenvalue weighted by molar-refractivity contribution is 0.0529. The first-order valence-corrected chi connectivity index (χ1v) is 8.20. The summed E-state index contributed by atoms with van der Waals surface area (Å²) < 4.78 is 5.15. The van der Waals surface area contributed by atoms with Crippen molar-refractivity contribution in [3.63, 3.8) is 0 Å². The highest BCUT2D eigenvalue weighted by Gasteiger charge is 2.15. The van der Waals surface area contributed by atoms with Gasteiger partial charge in [-0.2, -0.15) is 5.26 Å². The SMILES string of the molecule is CC(C)(C)OC(=O)NCCC=Cc1cc(C#N)ccc1CBr. The molecule has 0 heterocycles. The summed E-state index contributed by atoms with van der Waals surface area (Å²) in [5.74, 6) is 0. The van der Waals surface area contributed by atoms with Crippen LogP contribution in [0.4, 0.5) is 4.79 Å². The molecule has 0 unspecified atom stereocenters. The van der Waals surface area contributed by atoms with Crippen molar-refractivity contribution < 1.29 is 9.53 Å². The molecule has 0 fully saturated rings. The average Bonchev–Trinajstić information content (AvgIpc) is 2.44. The molecule has 0 saturated carbocycles. The van der Waals surface area contributed by atoms with Crippen molar-refractivity contribution in [2.24, 2.45) is 0 Å². The fraction of sp³-hybridized carbons (Fsp3) is 0.412. The van der Waals surface area contributed by atoms with Gasteiger partial charge in [0.2, 0.25) is 0 Å². The number of benzene rings is 1. The van der Waals surface area contributed by atoms with Crippen LogP contribution in [0.3, 0.4) is 0 Å². The molecule has 0 saturated heterocycles. The summed E-state index contributed by atoms with van der Waals surface area (Å²) in [6.45, 7) is 6.00. The van der Waals surface area contributed by atoms with E-state index in [9.17, 15) is 4.79 Å². The van der Waals surface area contributed by atoms with Crippen LogP contribution in [0.15, 0.2) is 24.3 Å². The summed E-state index contributed by atoms with van der Waals surface area (Å²) in [4.78, 5) is 11.5. The molecule has 1 N–H and O–H groups in total. The van der Waals surface area contributed by atoms with E-state index in [1.165, 1.54) is 0 Å². The molecule has 22 heavy (non-hydrogen) atoms. The zero-order valence-electron chi connectivity index (χ0n) is 13.1. The number of nitrogens with zero attached hydrogens (tertiary/aromatic N) is 1. The number of ether oxygens (including phenoxy) is 1. The van der Waals surface area contributed by atoms with Gasteiger partial charge in [0.05, 0.1) is 11.6 Å². The number of amides is 1. The van der Waals surface area contributed by atoms with Crippen molar-refractivity contribution in [1.82, 2.24) is 5.32 Å². The Kier molecular flexibility index (Phi) is 7.13. The van der Waals surface area contributed by atoms with Crippen LogP contribution >= 0.6 is 15.9 Å². The van der Waals surface area contributed by atoms with Gasteiger partial charge in [0, 0.05) is 11.9 Å². The van der Waals surface area contributed by atoms with Crippen molar-refractivity contribution in [3.05, 3.63) is 41.0 Å². The molecule has 0 aliphatic rings. The third-order valence-corrected chi connectivity index (χ3v) is 3.30. The minimum Gasteiger partial charge on any atom is -0.444 e. The maximum Gasteiger partial charge on any atom is 0.407 e. The summed E-state index contributed by atoms with van der Waals surface area (Å²) in [7, 11) is 0. The Morgan fingerprint density at radius 1 is 1.45 bits per heavy atom. The van der Waals surface area contributed by atoms with Gasteiger partial charge < -0.3 is 10.1 Å². The van der Waals surface area contributed by atoms with Crippen LogP contribution < -0.4 is 5.32 Å². The highest BCUT2D eigenvalue weighted by Crippen LogP contribution is 2.16. The number of carbonyl (C=O) groups excluding carboxylic acids is 1. The van der Waals surface area contributed by atoms with Gasteiger partial charge in [-0.25, -0.2) is 4.79 Å². The molecule has 0 spiro atoms. The number of nitrogens with one attached hydrogen (secondary N) is 1. The van der Waals surface area contributed by atoms with Crippen LogP contribution in [0, 0.1) is 11.3 Å². The molecule has 0 aromatic heterocycles. The van der Waals surface area contributed by atoms with Crippen LogP contribution in [-0.4, -0.2) is 18.2 Å². The smallest absolute Gasteiger partial charge is 0.407 e. The quantitative estimate of drug-likeness (QED) is 0.622. The summed E-state index contributed by atoms with van der Waals surface area (Å²) in [5, 5.41) is 12.4. The van der Waals surface area contributed by atoms with E-state index in [1.54, 1.807) is 6.07 Å². The van der Waals surface area contributed by atoms with E-state index in [1.807, 2.05) is 45.1 Å². The normalized spacial score (nSPS) is 11.2. The van der Waals surface area contributed by atoms with E-state index in [0.717, 1.165) is 16.5 Å². The van der Waals surface area contributed by atoms with E-state index < -0.39 is 11.7 Å².